The third kappa shape index (κ3) is 5.06. The molecule has 31 heavy (non-hydrogen) atoms. The second-order valence-electron chi connectivity index (χ2n) is 7.39. The van der Waals surface area contributed by atoms with Gasteiger partial charge in [0.2, 0.25) is 15.9 Å². The zero-order chi connectivity index (χ0) is 21.8. The van der Waals surface area contributed by atoms with Crippen LogP contribution < -0.4 is 15.4 Å². The highest BCUT2D eigenvalue weighted by Crippen LogP contribution is 2.22. The van der Waals surface area contributed by atoms with Gasteiger partial charge in [0.25, 0.3) is 0 Å². The first-order valence-electron chi connectivity index (χ1n) is 9.88. The molecular weight excluding hydrogens is 418 g/mol. The fourth-order valence-corrected chi connectivity index (χ4v) is 4.06. The van der Waals surface area contributed by atoms with E-state index in [1.54, 1.807) is 29.2 Å². The topological polar surface area (TPSA) is 136 Å². The number of nitrogens with zero attached hydrogens (tertiary/aromatic N) is 5. The number of aromatic nitrogens is 4. The number of nitrogens with two attached hydrogens (primary N) is 1. The molecule has 2 aromatic heterocycles. The Kier molecular flexibility index (Phi) is 5.96. The number of sulfonamides is 1. The molecule has 0 spiro atoms. The van der Waals surface area contributed by atoms with Crippen LogP contribution >= 0.6 is 0 Å². The molecule has 3 heterocycles. The van der Waals surface area contributed by atoms with Crippen molar-refractivity contribution >= 4 is 21.7 Å². The van der Waals surface area contributed by atoms with Crippen LogP contribution in [0, 0.1) is 5.92 Å². The number of amides is 1. The summed E-state index contributed by atoms with van der Waals surface area (Å²) in [7, 11) is -3.72. The van der Waals surface area contributed by atoms with Gasteiger partial charge >= 0.3 is 0 Å². The summed E-state index contributed by atoms with van der Waals surface area (Å²) < 4.78 is 24.3. The number of benzene rings is 1. The molecule has 0 radical (unpaired) electrons. The Morgan fingerprint density at radius 2 is 1.87 bits per heavy atom. The van der Waals surface area contributed by atoms with Crippen LogP contribution in [0.15, 0.2) is 59.8 Å². The predicted molar refractivity (Wildman–Crippen MR) is 114 cm³/mol. The van der Waals surface area contributed by atoms with Crippen molar-refractivity contribution in [1.82, 2.24) is 25.3 Å². The van der Waals surface area contributed by atoms with E-state index in [2.05, 4.69) is 25.5 Å². The van der Waals surface area contributed by atoms with Crippen LogP contribution in [0.5, 0.6) is 0 Å². The fraction of sp³-hybridized carbons (Fsp3) is 0.300. The van der Waals surface area contributed by atoms with E-state index in [0.29, 0.717) is 18.9 Å². The third-order valence-corrected chi connectivity index (χ3v) is 6.14. The molecule has 1 atom stereocenters. The van der Waals surface area contributed by atoms with E-state index >= 15 is 0 Å². The number of carbonyl (C=O) groups is 1. The highest BCUT2D eigenvalue weighted by atomic mass is 32.2. The summed E-state index contributed by atoms with van der Waals surface area (Å²) in [4.78, 5) is 14.8. The second kappa shape index (κ2) is 8.82. The van der Waals surface area contributed by atoms with Gasteiger partial charge < -0.3 is 10.2 Å². The fourth-order valence-electron chi connectivity index (χ4n) is 3.54. The van der Waals surface area contributed by atoms with Crippen molar-refractivity contribution in [1.29, 1.82) is 0 Å². The molecule has 11 heteroatoms. The second-order valence-corrected chi connectivity index (χ2v) is 8.95. The van der Waals surface area contributed by atoms with Crippen molar-refractivity contribution in [2.45, 2.75) is 24.3 Å². The first-order valence-corrected chi connectivity index (χ1v) is 11.4. The van der Waals surface area contributed by atoms with Crippen LogP contribution in [0.25, 0.3) is 5.82 Å². The van der Waals surface area contributed by atoms with Crippen molar-refractivity contribution in [2.24, 2.45) is 11.1 Å². The van der Waals surface area contributed by atoms with E-state index in [1.165, 1.54) is 12.1 Å². The SMILES string of the molecule is NS(=O)(=O)c1ccc(CNC(=O)C2CCCN(c3ccc(-n4cccn4)nn3)C2)cc1. The molecule has 1 fully saturated rings. The molecule has 162 valence electrons. The lowest BCUT2D eigenvalue weighted by Gasteiger charge is -2.32. The van der Waals surface area contributed by atoms with E-state index in [9.17, 15) is 13.2 Å². The monoisotopic (exact) mass is 441 g/mol. The largest absolute Gasteiger partial charge is 0.354 e. The van der Waals surface area contributed by atoms with E-state index in [1.807, 2.05) is 18.2 Å². The van der Waals surface area contributed by atoms with Crippen LogP contribution in [-0.2, 0) is 21.4 Å². The maximum absolute atomic E-state index is 12.7. The molecule has 0 bridgehead atoms. The zero-order valence-corrected chi connectivity index (χ0v) is 17.6. The number of piperidine rings is 1. The zero-order valence-electron chi connectivity index (χ0n) is 16.8. The summed E-state index contributed by atoms with van der Waals surface area (Å²) in [5, 5.41) is 20.7. The predicted octanol–water partition coefficient (Wildman–Crippen LogP) is 0.842. The number of anilines is 1. The summed E-state index contributed by atoms with van der Waals surface area (Å²) in [5.74, 6) is 1.16. The summed E-state index contributed by atoms with van der Waals surface area (Å²) in [6.07, 6.45) is 5.15. The summed E-state index contributed by atoms with van der Waals surface area (Å²) in [6.45, 7) is 1.69. The average Bonchev–Trinajstić information content (AvgIpc) is 3.32. The van der Waals surface area contributed by atoms with Crippen LogP contribution in [0.2, 0.25) is 0 Å². The van der Waals surface area contributed by atoms with E-state index in [0.717, 1.165) is 30.8 Å². The lowest BCUT2D eigenvalue weighted by molar-refractivity contribution is -0.125. The highest BCUT2D eigenvalue weighted by molar-refractivity contribution is 7.89. The molecule has 1 aliphatic rings. The molecule has 1 unspecified atom stereocenters. The normalized spacial score (nSPS) is 16.8. The minimum atomic E-state index is -3.72. The van der Waals surface area contributed by atoms with Crippen LogP contribution in [0.4, 0.5) is 5.82 Å². The Hall–Kier alpha value is -3.31. The minimum Gasteiger partial charge on any atom is -0.354 e. The van der Waals surface area contributed by atoms with Crippen LogP contribution in [-0.4, -0.2) is 47.4 Å². The van der Waals surface area contributed by atoms with E-state index in [-0.39, 0.29) is 16.7 Å². The minimum absolute atomic E-state index is 0.0404. The van der Waals surface area contributed by atoms with Gasteiger partial charge in [0.05, 0.1) is 10.8 Å². The smallest absolute Gasteiger partial charge is 0.238 e. The molecular formula is C20H23N7O3S. The molecule has 1 aliphatic heterocycles. The van der Waals surface area contributed by atoms with E-state index in [4.69, 9.17) is 5.14 Å². The first kappa shape index (κ1) is 20.9. The molecule has 1 saturated heterocycles. The molecule has 4 rings (SSSR count). The number of hydrogen-bond donors (Lipinski definition) is 2. The van der Waals surface area contributed by atoms with Gasteiger partial charge in [-0.25, -0.2) is 18.2 Å². The Bertz CT molecular complexity index is 1130. The molecule has 1 aromatic carbocycles. The summed E-state index contributed by atoms with van der Waals surface area (Å²) >= 11 is 0. The molecule has 3 N–H and O–H groups in total. The van der Waals surface area contributed by atoms with E-state index < -0.39 is 10.0 Å². The van der Waals surface area contributed by atoms with Crippen molar-refractivity contribution in [3.63, 3.8) is 0 Å². The van der Waals surface area contributed by atoms with Crippen LogP contribution in [0.3, 0.4) is 0 Å². The van der Waals surface area contributed by atoms with Crippen molar-refractivity contribution in [3.8, 4) is 5.82 Å². The molecule has 3 aromatic rings. The van der Waals surface area contributed by atoms with Gasteiger partial charge in [-0.05, 0) is 48.7 Å². The maximum atomic E-state index is 12.7. The summed E-state index contributed by atoms with van der Waals surface area (Å²) in [6, 6.07) is 11.7. The molecule has 10 nitrogen and oxygen atoms in total. The molecule has 0 saturated carbocycles. The van der Waals surface area contributed by atoms with Crippen LogP contribution in [0.1, 0.15) is 18.4 Å². The van der Waals surface area contributed by atoms with Crippen molar-refractivity contribution in [3.05, 3.63) is 60.4 Å². The number of nitrogens with one attached hydrogen (secondary N) is 1. The Labute approximate surface area is 180 Å². The summed E-state index contributed by atoms with van der Waals surface area (Å²) in [5.41, 5.74) is 0.800. The van der Waals surface area contributed by atoms with Gasteiger partial charge in [-0.15, -0.1) is 10.2 Å². The van der Waals surface area contributed by atoms with Gasteiger partial charge in [-0.1, -0.05) is 12.1 Å². The highest BCUT2D eigenvalue weighted by Gasteiger charge is 2.26. The van der Waals surface area contributed by atoms with Crippen molar-refractivity contribution in [2.75, 3.05) is 18.0 Å². The average molecular weight is 442 g/mol. The van der Waals surface area contributed by atoms with Gasteiger partial charge in [-0.2, -0.15) is 5.10 Å². The Morgan fingerprint density at radius 1 is 1.13 bits per heavy atom. The quantitative estimate of drug-likeness (QED) is 0.578. The number of hydrogen-bond acceptors (Lipinski definition) is 7. The maximum Gasteiger partial charge on any atom is 0.238 e. The van der Waals surface area contributed by atoms with Gasteiger partial charge in [0, 0.05) is 32.0 Å². The Morgan fingerprint density at radius 3 is 2.52 bits per heavy atom. The van der Waals surface area contributed by atoms with Gasteiger partial charge in [0.15, 0.2) is 11.6 Å². The molecule has 0 aliphatic carbocycles. The standard InChI is InChI=1S/C20H23N7O3S/c21-31(29,30)17-6-4-15(5-7-17)13-22-20(28)16-3-1-11-26(14-16)18-8-9-19(25-24-18)27-12-2-10-23-27/h2,4-10,12,16H,1,3,11,13-14H2,(H,22,28)(H2,21,29,30). The lowest BCUT2D eigenvalue weighted by Crippen LogP contribution is -2.43. The Balaban J connectivity index is 1.34. The third-order valence-electron chi connectivity index (χ3n) is 5.21. The lowest BCUT2D eigenvalue weighted by atomic mass is 9.97. The molecule has 1 amide bonds. The number of rotatable bonds is 6. The van der Waals surface area contributed by atoms with Gasteiger partial charge in [-0.3, -0.25) is 4.79 Å². The first-order chi connectivity index (χ1) is 14.9. The number of primary sulfonamides is 1. The van der Waals surface area contributed by atoms with Crippen molar-refractivity contribution < 1.29 is 13.2 Å². The van der Waals surface area contributed by atoms with Gasteiger partial charge in [0.1, 0.15) is 0 Å². The number of carbonyl (C=O) groups excluding carboxylic acids is 1.